The molecule has 1 unspecified atom stereocenters. The van der Waals surface area contributed by atoms with Crippen LogP contribution in [0, 0.1) is 6.92 Å². The molecule has 0 aliphatic rings. The lowest BCUT2D eigenvalue weighted by Gasteiger charge is -2.22. The molecule has 0 saturated carbocycles. The molecular formula is C9H15N3OS. The van der Waals surface area contributed by atoms with Crippen molar-refractivity contribution in [2.75, 3.05) is 13.6 Å². The first-order valence-corrected chi connectivity index (χ1v) is 5.33. The first-order valence-electron chi connectivity index (χ1n) is 4.45. The van der Waals surface area contributed by atoms with Gasteiger partial charge in [-0.15, -0.1) is 11.3 Å². The van der Waals surface area contributed by atoms with E-state index >= 15 is 0 Å². The molecule has 14 heavy (non-hydrogen) atoms. The Bertz CT molecular complexity index is 324. The van der Waals surface area contributed by atoms with E-state index in [2.05, 4.69) is 4.98 Å². The van der Waals surface area contributed by atoms with Crippen LogP contribution in [0.2, 0.25) is 0 Å². The van der Waals surface area contributed by atoms with Crippen molar-refractivity contribution in [2.45, 2.75) is 19.9 Å². The lowest BCUT2D eigenvalue weighted by atomic mass is 10.2. The van der Waals surface area contributed by atoms with Gasteiger partial charge in [0.2, 0.25) is 0 Å². The molecule has 1 aromatic rings. The number of amides is 1. The Kier molecular flexibility index (Phi) is 3.60. The number of likely N-dealkylation sites (N-methyl/N-ethyl adjacent to an activating group) is 1. The number of carbonyl (C=O) groups excluding carboxylic acids is 1. The van der Waals surface area contributed by atoms with Crippen LogP contribution in [0.1, 0.15) is 22.3 Å². The molecule has 1 heterocycles. The molecule has 4 nitrogen and oxygen atoms in total. The number of hydrogen-bond acceptors (Lipinski definition) is 4. The third-order valence-electron chi connectivity index (χ3n) is 2.26. The Labute approximate surface area is 87.7 Å². The molecule has 0 spiro atoms. The molecule has 0 fully saturated rings. The molecule has 0 radical (unpaired) electrons. The molecular weight excluding hydrogens is 198 g/mol. The van der Waals surface area contributed by atoms with Gasteiger partial charge in [0.1, 0.15) is 4.88 Å². The molecule has 0 aliphatic heterocycles. The lowest BCUT2D eigenvalue weighted by molar-refractivity contribution is 0.0752. The van der Waals surface area contributed by atoms with Gasteiger partial charge >= 0.3 is 0 Å². The summed E-state index contributed by atoms with van der Waals surface area (Å²) in [6.45, 7) is 4.24. The number of nitrogens with two attached hydrogens (primary N) is 1. The number of nitrogens with zero attached hydrogens (tertiary/aromatic N) is 2. The van der Waals surface area contributed by atoms with Crippen LogP contribution in [0.4, 0.5) is 0 Å². The van der Waals surface area contributed by atoms with Gasteiger partial charge in [-0.3, -0.25) is 4.79 Å². The number of hydrogen-bond donors (Lipinski definition) is 1. The Morgan fingerprint density at radius 2 is 2.43 bits per heavy atom. The summed E-state index contributed by atoms with van der Waals surface area (Å²) in [5, 5.41) is 0. The minimum atomic E-state index is 0.00273. The summed E-state index contributed by atoms with van der Waals surface area (Å²) in [4.78, 5) is 18.3. The summed E-state index contributed by atoms with van der Waals surface area (Å²) in [5.74, 6) is 0.00273. The summed E-state index contributed by atoms with van der Waals surface area (Å²) < 4.78 is 0. The van der Waals surface area contributed by atoms with Crippen molar-refractivity contribution >= 4 is 17.2 Å². The fraction of sp³-hybridized carbons (Fsp3) is 0.556. The van der Waals surface area contributed by atoms with Gasteiger partial charge in [0.15, 0.2) is 0 Å². The minimum Gasteiger partial charge on any atom is -0.337 e. The zero-order valence-corrected chi connectivity index (χ0v) is 9.47. The molecule has 78 valence electrons. The smallest absolute Gasteiger partial charge is 0.265 e. The van der Waals surface area contributed by atoms with E-state index in [9.17, 15) is 4.79 Å². The molecule has 5 heteroatoms. The summed E-state index contributed by atoms with van der Waals surface area (Å²) in [6.07, 6.45) is 0. The number of aryl methyl sites for hydroxylation is 1. The summed E-state index contributed by atoms with van der Waals surface area (Å²) in [7, 11) is 1.76. The van der Waals surface area contributed by atoms with Gasteiger partial charge in [-0.1, -0.05) is 0 Å². The van der Waals surface area contributed by atoms with Crippen molar-refractivity contribution in [3.05, 3.63) is 16.1 Å². The van der Waals surface area contributed by atoms with Gasteiger partial charge in [-0.2, -0.15) is 0 Å². The van der Waals surface area contributed by atoms with Crippen molar-refractivity contribution < 1.29 is 4.79 Å². The van der Waals surface area contributed by atoms with Crippen LogP contribution in [0.25, 0.3) is 0 Å². The van der Waals surface area contributed by atoms with E-state index in [1.165, 1.54) is 11.3 Å². The highest BCUT2D eigenvalue weighted by molar-refractivity contribution is 7.11. The monoisotopic (exact) mass is 213 g/mol. The standard InChI is InChI=1S/C9H15N3OS/c1-6(4-10)12(3)9(13)8-7(2)11-5-14-8/h5-6H,4,10H2,1-3H3. The second-order valence-corrected chi connectivity index (χ2v) is 4.12. The van der Waals surface area contributed by atoms with Crippen molar-refractivity contribution in [2.24, 2.45) is 5.73 Å². The van der Waals surface area contributed by atoms with E-state index in [1.54, 1.807) is 17.5 Å². The van der Waals surface area contributed by atoms with Crippen LogP contribution in [0.5, 0.6) is 0 Å². The second-order valence-electron chi connectivity index (χ2n) is 3.27. The normalized spacial score (nSPS) is 12.6. The number of thiazole rings is 1. The number of rotatable bonds is 3. The fourth-order valence-electron chi connectivity index (χ4n) is 1.03. The number of aromatic nitrogens is 1. The molecule has 1 aromatic heterocycles. The third kappa shape index (κ3) is 2.10. The summed E-state index contributed by atoms with van der Waals surface area (Å²) >= 11 is 1.37. The van der Waals surface area contributed by atoms with E-state index in [0.717, 1.165) is 5.69 Å². The molecule has 0 aromatic carbocycles. The maximum Gasteiger partial charge on any atom is 0.265 e. The van der Waals surface area contributed by atoms with Crippen LogP contribution in [0.15, 0.2) is 5.51 Å². The van der Waals surface area contributed by atoms with Crippen molar-refractivity contribution in [1.29, 1.82) is 0 Å². The fourth-order valence-corrected chi connectivity index (χ4v) is 1.81. The third-order valence-corrected chi connectivity index (χ3v) is 3.18. The Morgan fingerprint density at radius 3 is 2.86 bits per heavy atom. The summed E-state index contributed by atoms with van der Waals surface area (Å²) in [6, 6.07) is 0.0593. The van der Waals surface area contributed by atoms with Gasteiger partial charge < -0.3 is 10.6 Å². The van der Waals surface area contributed by atoms with Crippen LogP contribution >= 0.6 is 11.3 Å². The van der Waals surface area contributed by atoms with Crippen molar-refractivity contribution in [3.8, 4) is 0 Å². The molecule has 0 aliphatic carbocycles. The predicted molar refractivity (Wildman–Crippen MR) is 57.5 cm³/mol. The van der Waals surface area contributed by atoms with Gasteiger partial charge in [-0.05, 0) is 13.8 Å². The zero-order valence-electron chi connectivity index (χ0n) is 8.65. The van der Waals surface area contributed by atoms with Crippen molar-refractivity contribution in [3.63, 3.8) is 0 Å². The highest BCUT2D eigenvalue weighted by Crippen LogP contribution is 2.15. The van der Waals surface area contributed by atoms with Gasteiger partial charge in [0.05, 0.1) is 11.2 Å². The molecule has 1 amide bonds. The maximum absolute atomic E-state index is 11.9. The quantitative estimate of drug-likeness (QED) is 0.810. The number of carbonyl (C=O) groups is 1. The second kappa shape index (κ2) is 4.52. The average Bonchev–Trinajstić information content (AvgIpc) is 2.61. The lowest BCUT2D eigenvalue weighted by Crippen LogP contribution is -2.39. The predicted octanol–water partition coefficient (Wildman–Crippen LogP) is 0.871. The largest absolute Gasteiger partial charge is 0.337 e. The van der Waals surface area contributed by atoms with E-state index in [4.69, 9.17) is 5.73 Å². The highest BCUT2D eigenvalue weighted by atomic mass is 32.1. The van der Waals surface area contributed by atoms with Crippen LogP contribution in [-0.2, 0) is 0 Å². The first kappa shape index (κ1) is 11.1. The van der Waals surface area contributed by atoms with Crippen molar-refractivity contribution in [1.82, 2.24) is 9.88 Å². The zero-order chi connectivity index (χ0) is 10.7. The van der Waals surface area contributed by atoms with E-state index in [0.29, 0.717) is 11.4 Å². The van der Waals surface area contributed by atoms with Crippen LogP contribution in [0.3, 0.4) is 0 Å². The molecule has 0 bridgehead atoms. The topological polar surface area (TPSA) is 59.2 Å². The summed E-state index contributed by atoms with van der Waals surface area (Å²) in [5.41, 5.74) is 7.97. The average molecular weight is 213 g/mol. The van der Waals surface area contributed by atoms with E-state index in [-0.39, 0.29) is 11.9 Å². The maximum atomic E-state index is 11.9. The van der Waals surface area contributed by atoms with Crippen LogP contribution in [-0.4, -0.2) is 35.4 Å². The van der Waals surface area contributed by atoms with Crippen LogP contribution < -0.4 is 5.73 Å². The SMILES string of the molecule is Cc1ncsc1C(=O)N(C)C(C)CN. The Morgan fingerprint density at radius 1 is 1.79 bits per heavy atom. The molecule has 1 atom stereocenters. The van der Waals surface area contributed by atoms with E-state index in [1.807, 2.05) is 13.8 Å². The first-order chi connectivity index (χ1) is 6.57. The van der Waals surface area contributed by atoms with Gasteiger partial charge in [-0.25, -0.2) is 4.98 Å². The minimum absolute atomic E-state index is 0.00273. The Hall–Kier alpha value is -0.940. The van der Waals surface area contributed by atoms with E-state index < -0.39 is 0 Å². The molecule has 1 rings (SSSR count). The van der Waals surface area contributed by atoms with Gasteiger partial charge in [0, 0.05) is 19.6 Å². The van der Waals surface area contributed by atoms with Gasteiger partial charge in [0.25, 0.3) is 5.91 Å². The Balaban J connectivity index is 2.81. The molecule has 0 saturated heterocycles. The highest BCUT2D eigenvalue weighted by Gasteiger charge is 2.19. The molecule has 2 N–H and O–H groups in total.